The molecule has 2 aromatic carbocycles. The number of benzene rings is 2. The molecule has 0 saturated carbocycles. The van der Waals surface area contributed by atoms with Crippen LogP contribution in [0.25, 0.3) is 11.0 Å². The molecule has 0 aliphatic carbocycles. The summed E-state index contributed by atoms with van der Waals surface area (Å²) in [5.41, 5.74) is 3.11. The highest BCUT2D eigenvalue weighted by Gasteiger charge is 2.17. The van der Waals surface area contributed by atoms with Crippen LogP contribution in [0.1, 0.15) is 31.3 Å². The number of nitrogens with one attached hydrogen (secondary N) is 1. The second-order valence-corrected chi connectivity index (χ2v) is 6.03. The van der Waals surface area contributed by atoms with Crippen molar-refractivity contribution in [2.75, 3.05) is 0 Å². The molecule has 1 atom stereocenters. The zero-order valence-corrected chi connectivity index (χ0v) is 13.8. The average Bonchev–Trinajstić information content (AvgIpc) is 2.88. The van der Waals surface area contributed by atoms with Crippen LogP contribution in [0.3, 0.4) is 0 Å². The fraction of sp³-hybridized carbons (Fsp3) is 0.222. The molecule has 3 aromatic rings. The lowest BCUT2D eigenvalue weighted by molar-refractivity contribution is -0.119. The van der Waals surface area contributed by atoms with Gasteiger partial charge in [-0.2, -0.15) is 0 Å². The monoisotopic (exact) mass is 327 g/mol. The van der Waals surface area contributed by atoms with Crippen LogP contribution in [0.4, 0.5) is 0 Å². The summed E-state index contributed by atoms with van der Waals surface area (Å²) in [6.45, 7) is 4.14. The SMILES string of the molecule is CC(=O)NC(C)c1nc2ccccc2n1Cc1ccc(Cl)cc1. The summed E-state index contributed by atoms with van der Waals surface area (Å²) in [7, 11) is 0. The molecule has 23 heavy (non-hydrogen) atoms. The summed E-state index contributed by atoms with van der Waals surface area (Å²) in [4.78, 5) is 16.1. The first-order chi connectivity index (χ1) is 11.0. The Kier molecular flexibility index (Phi) is 4.35. The van der Waals surface area contributed by atoms with Crippen LogP contribution in [0, 0.1) is 0 Å². The van der Waals surface area contributed by atoms with Gasteiger partial charge in [-0.1, -0.05) is 35.9 Å². The first kappa shape index (κ1) is 15.6. The van der Waals surface area contributed by atoms with E-state index < -0.39 is 0 Å². The van der Waals surface area contributed by atoms with Gasteiger partial charge in [0.25, 0.3) is 0 Å². The quantitative estimate of drug-likeness (QED) is 0.789. The van der Waals surface area contributed by atoms with Crippen LogP contribution in [-0.2, 0) is 11.3 Å². The van der Waals surface area contributed by atoms with E-state index in [4.69, 9.17) is 16.6 Å². The molecule has 0 bridgehead atoms. The molecule has 4 nitrogen and oxygen atoms in total. The number of nitrogens with zero attached hydrogens (tertiary/aromatic N) is 2. The van der Waals surface area contributed by atoms with E-state index in [1.54, 1.807) is 0 Å². The number of fused-ring (bicyclic) bond motifs is 1. The maximum absolute atomic E-state index is 11.4. The fourth-order valence-corrected chi connectivity index (χ4v) is 2.86. The molecule has 1 aromatic heterocycles. The molecule has 1 N–H and O–H groups in total. The van der Waals surface area contributed by atoms with E-state index in [0.717, 1.165) is 27.4 Å². The number of carbonyl (C=O) groups is 1. The second kappa shape index (κ2) is 6.42. The van der Waals surface area contributed by atoms with Crippen molar-refractivity contribution < 1.29 is 4.79 Å². The first-order valence-electron chi connectivity index (χ1n) is 7.51. The largest absolute Gasteiger partial charge is 0.347 e. The molecule has 3 rings (SSSR count). The van der Waals surface area contributed by atoms with Gasteiger partial charge in [0, 0.05) is 18.5 Å². The normalized spacial score (nSPS) is 12.3. The maximum Gasteiger partial charge on any atom is 0.217 e. The summed E-state index contributed by atoms with van der Waals surface area (Å²) in [5, 5.41) is 3.63. The highest BCUT2D eigenvalue weighted by molar-refractivity contribution is 6.30. The number of carbonyl (C=O) groups excluding carboxylic acids is 1. The Morgan fingerprint density at radius 1 is 1.22 bits per heavy atom. The van der Waals surface area contributed by atoms with Crippen LogP contribution in [0.15, 0.2) is 48.5 Å². The topological polar surface area (TPSA) is 46.9 Å². The fourth-order valence-electron chi connectivity index (χ4n) is 2.73. The minimum absolute atomic E-state index is 0.0670. The predicted molar refractivity (Wildman–Crippen MR) is 92.5 cm³/mol. The van der Waals surface area contributed by atoms with Crippen molar-refractivity contribution in [3.8, 4) is 0 Å². The lowest BCUT2D eigenvalue weighted by Gasteiger charge is -2.15. The van der Waals surface area contributed by atoms with E-state index >= 15 is 0 Å². The van der Waals surface area contributed by atoms with E-state index in [1.165, 1.54) is 6.92 Å². The van der Waals surface area contributed by atoms with Gasteiger partial charge >= 0.3 is 0 Å². The number of rotatable bonds is 4. The highest BCUT2D eigenvalue weighted by Crippen LogP contribution is 2.22. The number of imidazole rings is 1. The zero-order valence-electron chi connectivity index (χ0n) is 13.1. The Labute approximate surface area is 140 Å². The third-order valence-electron chi connectivity index (χ3n) is 3.75. The van der Waals surface area contributed by atoms with Crippen LogP contribution < -0.4 is 5.32 Å². The van der Waals surface area contributed by atoms with Gasteiger partial charge < -0.3 is 9.88 Å². The van der Waals surface area contributed by atoms with Crippen molar-refractivity contribution in [2.24, 2.45) is 0 Å². The number of halogens is 1. The molecule has 0 aliphatic rings. The molecule has 0 radical (unpaired) electrons. The molecule has 0 saturated heterocycles. The van der Waals surface area contributed by atoms with Gasteiger partial charge in [-0.05, 0) is 36.8 Å². The van der Waals surface area contributed by atoms with Crippen molar-refractivity contribution in [2.45, 2.75) is 26.4 Å². The van der Waals surface area contributed by atoms with Crippen molar-refractivity contribution in [3.63, 3.8) is 0 Å². The Morgan fingerprint density at radius 3 is 2.61 bits per heavy atom. The van der Waals surface area contributed by atoms with E-state index in [1.807, 2.05) is 55.5 Å². The molecule has 5 heteroatoms. The van der Waals surface area contributed by atoms with E-state index in [9.17, 15) is 4.79 Å². The van der Waals surface area contributed by atoms with E-state index in [-0.39, 0.29) is 11.9 Å². The summed E-state index contributed by atoms with van der Waals surface area (Å²) >= 11 is 5.96. The molecule has 1 unspecified atom stereocenters. The summed E-state index contributed by atoms with van der Waals surface area (Å²) < 4.78 is 2.14. The Bertz CT molecular complexity index is 839. The molecule has 1 amide bonds. The van der Waals surface area contributed by atoms with Gasteiger partial charge in [0.1, 0.15) is 5.82 Å². The van der Waals surface area contributed by atoms with Crippen molar-refractivity contribution in [1.29, 1.82) is 0 Å². The van der Waals surface area contributed by atoms with Gasteiger partial charge in [0.2, 0.25) is 5.91 Å². The van der Waals surface area contributed by atoms with Crippen LogP contribution in [0.5, 0.6) is 0 Å². The number of hydrogen-bond acceptors (Lipinski definition) is 2. The van der Waals surface area contributed by atoms with Crippen LogP contribution in [0.2, 0.25) is 5.02 Å². The standard InChI is InChI=1S/C18H18ClN3O/c1-12(20-13(2)23)18-21-16-5-3-4-6-17(16)22(18)11-14-7-9-15(19)10-8-14/h3-10,12H,11H2,1-2H3,(H,20,23). The third kappa shape index (κ3) is 3.37. The van der Waals surface area contributed by atoms with E-state index in [0.29, 0.717) is 6.54 Å². The molecule has 0 spiro atoms. The average molecular weight is 328 g/mol. The van der Waals surface area contributed by atoms with Crippen molar-refractivity contribution in [3.05, 3.63) is 64.9 Å². The Hall–Kier alpha value is -2.33. The third-order valence-corrected chi connectivity index (χ3v) is 4.00. The molecule has 1 heterocycles. The molecular formula is C18H18ClN3O. The van der Waals surface area contributed by atoms with Crippen molar-refractivity contribution >= 4 is 28.5 Å². The van der Waals surface area contributed by atoms with Crippen LogP contribution in [-0.4, -0.2) is 15.5 Å². The number of aromatic nitrogens is 2. The highest BCUT2D eigenvalue weighted by atomic mass is 35.5. The molecular weight excluding hydrogens is 310 g/mol. The lowest BCUT2D eigenvalue weighted by Crippen LogP contribution is -2.26. The van der Waals surface area contributed by atoms with Crippen molar-refractivity contribution in [1.82, 2.24) is 14.9 Å². The lowest BCUT2D eigenvalue weighted by atomic mass is 10.2. The molecule has 0 aliphatic heterocycles. The summed E-state index contributed by atoms with van der Waals surface area (Å²) in [6, 6.07) is 15.6. The summed E-state index contributed by atoms with van der Waals surface area (Å²) in [6.07, 6.45) is 0. The first-order valence-corrected chi connectivity index (χ1v) is 7.89. The van der Waals surface area contributed by atoms with Gasteiger partial charge in [-0.15, -0.1) is 0 Å². The van der Waals surface area contributed by atoms with Gasteiger partial charge in [0.05, 0.1) is 17.1 Å². The summed E-state index contributed by atoms with van der Waals surface area (Å²) in [5.74, 6) is 0.777. The van der Waals surface area contributed by atoms with Gasteiger partial charge in [0.15, 0.2) is 0 Å². The van der Waals surface area contributed by atoms with E-state index in [2.05, 4.69) is 9.88 Å². The van der Waals surface area contributed by atoms with Crippen LogP contribution >= 0.6 is 11.6 Å². The minimum Gasteiger partial charge on any atom is -0.347 e. The Morgan fingerprint density at radius 2 is 1.91 bits per heavy atom. The second-order valence-electron chi connectivity index (χ2n) is 5.59. The number of para-hydroxylation sites is 2. The van der Waals surface area contributed by atoms with Gasteiger partial charge in [-0.25, -0.2) is 4.98 Å². The predicted octanol–water partition coefficient (Wildman–Crippen LogP) is 3.94. The zero-order chi connectivity index (χ0) is 16.4. The molecule has 118 valence electrons. The van der Waals surface area contributed by atoms with Gasteiger partial charge in [-0.3, -0.25) is 4.79 Å². The minimum atomic E-state index is -0.160. The number of amides is 1. The smallest absolute Gasteiger partial charge is 0.217 e. The maximum atomic E-state index is 11.4. The number of hydrogen-bond donors (Lipinski definition) is 1. The Balaban J connectivity index is 2.05. The molecule has 0 fully saturated rings.